The van der Waals surface area contributed by atoms with E-state index in [0.717, 1.165) is 12.8 Å². The number of nitrogens with one attached hydrogen (secondary N) is 1. The van der Waals surface area contributed by atoms with E-state index in [1.807, 2.05) is 0 Å². The Labute approximate surface area is 183 Å². The second kappa shape index (κ2) is 15.7. The smallest absolute Gasteiger partial charge is 0.407 e. The van der Waals surface area contributed by atoms with Gasteiger partial charge in [0, 0.05) is 6.54 Å². The summed E-state index contributed by atoms with van der Waals surface area (Å²) in [6, 6.07) is 3.52. The van der Waals surface area contributed by atoms with E-state index in [1.165, 1.54) is 38.5 Å². The lowest BCUT2D eigenvalue weighted by atomic mass is 10.0. The van der Waals surface area contributed by atoms with Crippen molar-refractivity contribution in [3.8, 4) is 0 Å². The van der Waals surface area contributed by atoms with Crippen molar-refractivity contribution >= 4 is 32.1 Å². The van der Waals surface area contributed by atoms with Crippen LogP contribution in [0.25, 0.3) is 0 Å². The lowest BCUT2D eigenvalue weighted by Crippen LogP contribution is -2.28. The summed E-state index contributed by atoms with van der Waals surface area (Å²) < 4.78 is 41.6. The Hall–Kier alpha value is -1.06. The highest BCUT2D eigenvalue weighted by Crippen LogP contribution is 2.28. The van der Waals surface area contributed by atoms with Gasteiger partial charge in [0.1, 0.15) is 5.76 Å². The number of alkyl carbamates (subject to hydrolysis) is 1. The lowest BCUT2D eigenvalue weighted by Gasteiger charge is -2.16. The topological polar surface area (TPSA) is 106 Å². The largest absolute Gasteiger partial charge is 0.450 e. The molecule has 1 rings (SSSR count). The molecule has 7 nitrogen and oxygen atoms in total. The van der Waals surface area contributed by atoms with Crippen LogP contribution in [0.2, 0.25) is 0 Å². The molecule has 0 aliphatic carbocycles. The molecule has 0 spiro atoms. The fourth-order valence-electron chi connectivity index (χ4n) is 2.84. The third-order valence-corrected chi connectivity index (χ3v) is 5.56. The maximum absolute atomic E-state index is 12.0. The number of hydrogen-bond donors (Lipinski definition) is 2. The molecule has 0 aliphatic heterocycles. The Balaban J connectivity index is 0.00000784. The van der Waals surface area contributed by atoms with Crippen molar-refractivity contribution in [2.24, 2.45) is 0 Å². The molecule has 1 aromatic heterocycles. The van der Waals surface area contributed by atoms with Gasteiger partial charge in [0.25, 0.3) is 10.1 Å². The normalized spacial score (nSPS) is 12.2. The van der Waals surface area contributed by atoms with Gasteiger partial charge in [0.2, 0.25) is 0 Å². The molecule has 0 fully saturated rings. The maximum Gasteiger partial charge on any atom is 0.407 e. The molecule has 1 aromatic rings. The van der Waals surface area contributed by atoms with E-state index < -0.39 is 28.1 Å². The number of carbonyl (C=O) groups is 1. The molecule has 0 aliphatic rings. The first-order valence-electron chi connectivity index (χ1n) is 9.96. The van der Waals surface area contributed by atoms with Gasteiger partial charge in [-0.1, -0.05) is 59.3 Å². The summed E-state index contributed by atoms with van der Waals surface area (Å²) in [5.41, 5.74) is 0. The first kappa shape index (κ1) is 27.9. The van der Waals surface area contributed by atoms with Crippen LogP contribution < -0.4 is 5.32 Å². The molecule has 9 heteroatoms. The number of rotatable bonds is 15. The second-order valence-corrected chi connectivity index (χ2v) is 9.22. The quantitative estimate of drug-likeness (QED) is 0.219. The lowest BCUT2D eigenvalue weighted by molar-refractivity contribution is 0.0772. The van der Waals surface area contributed by atoms with Gasteiger partial charge in [0.15, 0.2) is 10.8 Å². The van der Waals surface area contributed by atoms with Gasteiger partial charge in [-0.05, 0) is 47.3 Å². The van der Waals surface area contributed by atoms with Crippen molar-refractivity contribution in [2.75, 3.05) is 12.3 Å². The average Bonchev–Trinajstić information content (AvgIpc) is 3.05. The number of amides is 1. The van der Waals surface area contributed by atoms with Crippen molar-refractivity contribution in [2.45, 2.75) is 84.7 Å². The van der Waals surface area contributed by atoms with Crippen LogP contribution in [0.15, 0.2) is 21.2 Å². The number of furan rings is 1. The molecule has 0 aromatic carbocycles. The summed E-state index contributed by atoms with van der Waals surface area (Å²) >= 11 is 3.26. The van der Waals surface area contributed by atoms with E-state index in [2.05, 4.69) is 28.2 Å². The van der Waals surface area contributed by atoms with E-state index in [-0.39, 0.29) is 20.4 Å². The van der Waals surface area contributed by atoms with Crippen LogP contribution >= 0.6 is 15.9 Å². The van der Waals surface area contributed by atoms with Crippen molar-refractivity contribution in [1.82, 2.24) is 5.32 Å². The highest BCUT2D eigenvalue weighted by molar-refractivity contribution is 9.10. The van der Waals surface area contributed by atoms with E-state index in [4.69, 9.17) is 13.7 Å². The van der Waals surface area contributed by atoms with Crippen LogP contribution in [0.3, 0.4) is 0 Å². The third-order valence-electron chi connectivity index (χ3n) is 4.33. The van der Waals surface area contributed by atoms with Crippen molar-refractivity contribution in [3.05, 3.63) is 22.6 Å². The van der Waals surface area contributed by atoms with Gasteiger partial charge in [-0.3, -0.25) is 4.55 Å². The molecule has 1 atom stereocenters. The molecule has 170 valence electrons. The van der Waals surface area contributed by atoms with Gasteiger partial charge < -0.3 is 14.5 Å². The third kappa shape index (κ3) is 14.5. The van der Waals surface area contributed by atoms with Gasteiger partial charge in [-0.25, -0.2) is 4.79 Å². The number of ether oxygens (including phenoxy) is 1. The average molecular weight is 498 g/mol. The zero-order valence-corrected chi connectivity index (χ0v) is 18.9. The SMILES string of the molecule is C.CCCCCCCCCCC(OC(=O)NCCCS(=O)(=O)O)c1ccc(Br)o1. The summed E-state index contributed by atoms with van der Waals surface area (Å²) in [6.45, 7) is 2.31. The molecule has 0 bridgehead atoms. The summed E-state index contributed by atoms with van der Waals surface area (Å²) in [5.74, 6) is 0.169. The molecular formula is C20H36BrNO6S. The minimum Gasteiger partial charge on any atom is -0.450 e. The molecule has 29 heavy (non-hydrogen) atoms. The van der Waals surface area contributed by atoms with Crippen LogP contribution in [0.5, 0.6) is 0 Å². The molecule has 0 radical (unpaired) electrons. The molecule has 1 unspecified atom stereocenters. The van der Waals surface area contributed by atoms with E-state index in [9.17, 15) is 13.2 Å². The van der Waals surface area contributed by atoms with E-state index in [1.54, 1.807) is 12.1 Å². The predicted octanol–water partition coefficient (Wildman–Crippen LogP) is 6.25. The fourth-order valence-corrected chi connectivity index (χ4v) is 3.67. The minimum absolute atomic E-state index is 0. The summed E-state index contributed by atoms with van der Waals surface area (Å²) in [5, 5.41) is 2.50. The fraction of sp³-hybridized carbons (Fsp3) is 0.750. The van der Waals surface area contributed by atoms with Crippen LogP contribution in [0, 0.1) is 0 Å². The number of unbranched alkanes of at least 4 members (excludes halogenated alkanes) is 7. The Morgan fingerprint density at radius 2 is 1.76 bits per heavy atom. The Kier molecular flexibility index (Phi) is 15.2. The summed E-state index contributed by atoms with van der Waals surface area (Å²) in [4.78, 5) is 12.0. The number of carbonyl (C=O) groups excluding carboxylic acids is 1. The van der Waals surface area contributed by atoms with Crippen LogP contribution in [0.4, 0.5) is 4.79 Å². The van der Waals surface area contributed by atoms with Crippen LogP contribution in [0.1, 0.15) is 90.4 Å². The van der Waals surface area contributed by atoms with Gasteiger partial charge >= 0.3 is 6.09 Å². The second-order valence-electron chi connectivity index (χ2n) is 6.87. The zero-order valence-electron chi connectivity index (χ0n) is 16.5. The molecular weight excluding hydrogens is 462 g/mol. The number of hydrogen-bond acceptors (Lipinski definition) is 5. The minimum atomic E-state index is -4.02. The summed E-state index contributed by atoms with van der Waals surface area (Å²) in [7, 11) is -4.02. The maximum atomic E-state index is 12.0. The molecule has 1 heterocycles. The monoisotopic (exact) mass is 497 g/mol. The molecule has 0 saturated heterocycles. The van der Waals surface area contributed by atoms with Crippen LogP contribution in [-0.2, 0) is 14.9 Å². The van der Waals surface area contributed by atoms with Gasteiger partial charge in [-0.2, -0.15) is 8.42 Å². The Bertz CT molecular complexity index is 662. The highest BCUT2D eigenvalue weighted by Gasteiger charge is 2.20. The van der Waals surface area contributed by atoms with Crippen LogP contribution in [-0.4, -0.2) is 31.4 Å². The standard InChI is InChI=1S/C19H32BrNO6S.CH4/c1-2-3-4-5-6-7-8-9-11-16(17-12-13-18(20)26-17)27-19(22)21-14-10-15-28(23,24)25;/h12-13,16H,2-11,14-15H2,1H3,(H,21,22)(H,23,24,25);1H4. The summed E-state index contributed by atoms with van der Waals surface area (Å²) in [6.07, 6.45) is 9.14. The predicted molar refractivity (Wildman–Crippen MR) is 119 cm³/mol. The first-order valence-corrected chi connectivity index (χ1v) is 12.4. The van der Waals surface area contributed by atoms with Gasteiger partial charge in [0.05, 0.1) is 5.75 Å². The number of halogens is 1. The Morgan fingerprint density at radius 1 is 1.14 bits per heavy atom. The van der Waals surface area contributed by atoms with Crippen molar-refractivity contribution in [1.29, 1.82) is 0 Å². The highest BCUT2D eigenvalue weighted by atomic mass is 79.9. The van der Waals surface area contributed by atoms with Gasteiger partial charge in [-0.15, -0.1) is 0 Å². The van der Waals surface area contributed by atoms with Crippen molar-refractivity contribution in [3.63, 3.8) is 0 Å². The Morgan fingerprint density at radius 3 is 2.31 bits per heavy atom. The first-order chi connectivity index (χ1) is 13.3. The zero-order chi connectivity index (χ0) is 20.8. The molecule has 0 saturated carbocycles. The van der Waals surface area contributed by atoms with Crippen molar-refractivity contribution < 1.29 is 26.9 Å². The van der Waals surface area contributed by atoms with E-state index in [0.29, 0.717) is 16.9 Å². The molecule has 2 N–H and O–H groups in total. The molecule has 1 amide bonds. The van der Waals surface area contributed by atoms with E-state index >= 15 is 0 Å².